The summed E-state index contributed by atoms with van der Waals surface area (Å²) >= 11 is 13.8. The lowest BCUT2D eigenvalue weighted by Crippen LogP contribution is -2.07. The average Bonchev–Trinajstić information content (AvgIpc) is 3.06. The monoisotopic (exact) mass is 492 g/mol. The fourth-order valence-electron chi connectivity index (χ4n) is 3.33. The molecule has 6 nitrogen and oxygen atoms in total. The third-order valence-electron chi connectivity index (χ3n) is 4.69. The number of nitrogens with zero attached hydrogens (tertiary/aromatic N) is 2. The summed E-state index contributed by atoms with van der Waals surface area (Å²) in [6, 6.07) is 11.7. The fourth-order valence-corrected chi connectivity index (χ4v) is 5.27. The zero-order valence-corrected chi connectivity index (χ0v) is 20.1. The third kappa shape index (κ3) is 5.65. The van der Waals surface area contributed by atoms with Gasteiger partial charge in [0.25, 0.3) is 5.69 Å². The van der Waals surface area contributed by atoms with Gasteiger partial charge in [0.1, 0.15) is 0 Å². The van der Waals surface area contributed by atoms with E-state index < -0.39 is 4.92 Å². The van der Waals surface area contributed by atoms with E-state index in [9.17, 15) is 14.9 Å². The van der Waals surface area contributed by atoms with E-state index >= 15 is 0 Å². The molecule has 0 unspecified atom stereocenters. The van der Waals surface area contributed by atoms with Crippen molar-refractivity contribution in [1.29, 1.82) is 0 Å². The van der Waals surface area contributed by atoms with Crippen molar-refractivity contribution in [3.63, 3.8) is 0 Å². The van der Waals surface area contributed by atoms with Crippen molar-refractivity contribution < 1.29 is 14.5 Å². The number of hydrogen-bond acceptors (Lipinski definition) is 5. The van der Waals surface area contributed by atoms with Crippen molar-refractivity contribution in [2.45, 2.75) is 43.2 Å². The largest absolute Gasteiger partial charge is 0.462 e. The van der Waals surface area contributed by atoms with Gasteiger partial charge in [-0.25, -0.2) is 4.79 Å². The van der Waals surface area contributed by atoms with Gasteiger partial charge in [0, 0.05) is 45.4 Å². The topological polar surface area (TPSA) is 74.4 Å². The fraction of sp³-hybridized carbons (Fsp3) is 0.261. The summed E-state index contributed by atoms with van der Waals surface area (Å²) in [6.07, 6.45) is 1.78. The maximum atomic E-state index is 12.7. The normalized spacial score (nSPS) is 11.1. The van der Waals surface area contributed by atoms with Gasteiger partial charge in [0.05, 0.1) is 22.1 Å². The molecule has 0 aliphatic carbocycles. The molecule has 0 fully saturated rings. The number of nitro groups is 1. The van der Waals surface area contributed by atoms with Crippen LogP contribution in [0, 0.1) is 10.1 Å². The number of carbonyl (C=O) groups excluding carboxylic acids is 1. The lowest BCUT2D eigenvalue weighted by molar-refractivity contribution is -0.384. The number of halogens is 2. The van der Waals surface area contributed by atoms with Gasteiger partial charge in [-0.1, -0.05) is 60.9 Å². The predicted octanol–water partition coefficient (Wildman–Crippen LogP) is 7.20. The smallest absolute Gasteiger partial charge is 0.340 e. The van der Waals surface area contributed by atoms with Crippen LogP contribution in [0.2, 0.25) is 10.0 Å². The molecular weight excluding hydrogens is 471 g/mol. The van der Waals surface area contributed by atoms with Gasteiger partial charge >= 0.3 is 5.97 Å². The minimum Gasteiger partial charge on any atom is -0.462 e. The highest BCUT2D eigenvalue weighted by Crippen LogP contribution is 2.40. The molecule has 0 amide bonds. The minimum atomic E-state index is -0.431. The number of rotatable bonds is 8. The molecule has 9 heteroatoms. The van der Waals surface area contributed by atoms with Crippen molar-refractivity contribution in [2.75, 3.05) is 6.61 Å². The maximum absolute atomic E-state index is 12.7. The Bertz CT molecular complexity index is 1120. The predicted molar refractivity (Wildman–Crippen MR) is 127 cm³/mol. The first kappa shape index (κ1) is 24.2. The molecule has 168 valence electrons. The molecule has 0 atom stereocenters. The molecule has 3 rings (SSSR count). The molecule has 0 saturated heterocycles. The standard InChI is InChI=1S/C23H22Cl2N2O4S/c1-4-31-23(28)20-13-26(12-15-5-7-18(8-6-15)27(29)30)22(21(20)14(2)3)32-19-10-16(24)9-17(25)11-19/h5-11,13-14H,4,12H2,1-3H3. The van der Waals surface area contributed by atoms with Crippen LogP contribution in [0.5, 0.6) is 0 Å². The van der Waals surface area contributed by atoms with E-state index in [0.717, 1.165) is 21.0 Å². The lowest BCUT2D eigenvalue weighted by atomic mass is 10.0. The van der Waals surface area contributed by atoms with E-state index in [1.165, 1.54) is 23.9 Å². The Labute approximate surface area is 200 Å². The van der Waals surface area contributed by atoms with Gasteiger partial charge in [0.2, 0.25) is 0 Å². The Morgan fingerprint density at radius 2 is 1.78 bits per heavy atom. The van der Waals surface area contributed by atoms with Gasteiger partial charge in [-0.15, -0.1) is 0 Å². The van der Waals surface area contributed by atoms with Crippen molar-refractivity contribution in [3.8, 4) is 0 Å². The summed E-state index contributed by atoms with van der Waals surface area (Å²) in [7, 11) is 0. The Hall–Kier alpha value is -2.48. The molecule has 0 radical (unpaired) electrons. The summed E-state index contributed by atoms with van der Waals surface area (Å²) in [4.78, 5) is 24.1. The minimum absolute atomic E-state index is 0.0273. The Balaban J connectivity index is 2.09. The highest BCUT2D eigenvalue weighted by Gasteiger charge is 2.25. The Morgan fingerprint density at radius 3 is 2.31 bits per heavy atom. The van der Waals surface area contributed by atoms with Crippen LogP contribution in [0.25, 0.3) is 0 Å². The molecular formula is C23H22Cl2N2O4S. The van der Waals surface area contributed by atoms with Crippen LogP contribution in [-0.2, 0) is 11.3 Å². The molecule has 32 heavy (non-hydrogen) atoms. The van der Waals surface area contributed by atoms with Crippen molar-refractivity contribution in [3.05, 3.63) is 85.5 Å². The van der Waals surface area contributed by atoms with E-state index in [1.807, 2.05) is 30.5 Å². The molecule has 1 aromatic heterocycles. The van der Waals surface area contributed by atoms with E-state index in [-0.39, 0.29) is 24.2 Å². The average molecular weight is 493 g/mol. The van der Waals surface area contributed by atoms with E-state index in [4.69, 9.17) is 27.9 Å². The number of nitro benzene ring substituents is 1. The quantitative estimate of drug-likeness (QED) is 0.188. The van der Waals surface area contributed by atoms with E-state index in [1.54, 1.807) is 31.3 Å². The first-order valence-corrected chi connectivity index (χ1v) is 11.5. The number of aromatic nitrogens is 1. The molecule has 0 aliphatic heterocycles. The summed E-state index contributed by atoms with van der Waals surface area (Å²) < 4.78 is 7.25. The van der Waals surface area contributed by atoms with Crippen LogP contribution in [0.4, 0.5) is 5.69 Å². The SMILES string of the molecule is CCOC(=O)c1cn(Cc2ccc([N+](=O)[O-])cc2)c(Sc2cc(Cl)cc(Cl)c2)c1C(C)C. The summed E-state index contributed by atoms with van der Waals surface area (Å²) in [6.45, 7) is 6.50. The molecule has 1 heterocycles. The van der Waals surface area contributed by atoms with Crippen molar-refractivity contribution in [2.24, 2.45) is 0 Å². The van der Waals surface area contributed by atoms with Crippen LogP contribution in [0.1, 0.15) is 48.2 Å². The number of non-ortho nitro benzene ring substituents is 1. The van der Waals surface area contributed by atoms with Gasteiger partial charge in [0.15, 0.2) is 0 Å². The van der Waals surface area contributed by atoms with Crippen molar-refractivity contribution in [1.82, 2.24) is 4.57 Å². The first-order chi connectivity index (χ1) is 15.2. The highest BCUT2D eigenvalue weighted by molar-refractivity contribution is 7.99. The molecule has 0 N–H and O–H groups in total. The van der Waals surface area contributed by atoms with Crippen LogP contribution >= 0.6 is 35.0 Å². The van der Waals surface area contributed by atoms with Crippen LogP contribution in [-0.4, -0.2) is 22.1 Å². The van der Waals surface area contributed by atoms with Gasteiger partial charge in [-0.3, -0.25) is 10.1 Å². The Morgan fingerprint density at radius 1 is 1.16 bits per heavy atom. The second-order valence-electron chi connectivity index (χ2n) is 7.40. The first-order valence-electron chi connectivity index (χ1n) is 9.97. The molecule has 2 aromatic carbocycles. The zero-order chi connectivity index (χ0) is 23.4. The highest BCUT2D eigenvalue weighted by atomic mass is 35.5. The summed E-state index contributed by atoms with van der Waals surface area (Å²) in [5, 5.41) is 12.9. The molecule has 0 bridgehead atoms. The van der Waals surface area contributed by atoms with Gasteiger partial charge in [-0.2, -0.15) is 0 Å². The Kier molecular flexibility index (Phi) is 7.87. The zero-order valence-electron chi connectivity index (χ0n) is 17.8. The molecule has 0 aliphatic rings. The van der Waals surface area contributed by atoms with Gasteiger partial charge < -0.3 is 9.30 Å². The van der Waals surface area contributed by atoms with E-state index in [2.05, 4.69) is 0 Å². The summed E-state index contributed by atoms with van der Waals surface area (Å²) in [5.41, 5.74) is 2.26. The van der Waals surface area contributed by atoms with Crippen molar-refractivity contribution >= 4 is 46.6 Å². The second-order valence-corrected chi connectivity index (χ2v) is 9.33. The number of benzene rings is 2. The van der Waals surface area contributed by atoms with Gasteiger partial charge in [-0.05, 0) is 36.6 Å². The van der Waals surface area contributed by atoms with E-state index in [0.29, 0.717) is 22.2 Å². The second kappa shape index (κ2) is 10.4. The molecule has 0 saturated carbocycles. The lowest BCUT2D eigenvalue weighted by Gasteiger charge is -2.14. The number of hydrogen-bond donors (Lipinski definition) is 0. The maximum Gasteiger partial charge on any atom is 0.340 e. The third-order valence-corrected chi connectivity index (χ3v) is 6.25. The molecule has 3 aromatic rings. The number of esters is 1. The van der Waals surface area contributed by atoms with Crippen LogP contribution < -0.4 is 0 Å². The molecule has 0 spiro atoms. The number of ether oxygens (including phenoxy) is 1. The van der Waals surface area contributed by atoms with Crippen LogP contribution in [0.15, 0.2) is 58.6 Å². The number of carbonyl (C=O) groups is 1. The van der Waals surface area contributed by atoms with Crippen LogP contribution in [0.3, 0.4) is 0 Å². The summed E-state index contributed by atoms with van der Waals surface area (Å²) in [5.74, 6) is -0.339.